The van der Waals surface area contributed by atoms with Crippen molar-refractivity contribution in [3.8, 4) is 5.69 Å². The number of morpholine rings is 1. The highest BCUT2D eigenvalue weighted by molar-refractivity contribution is 7.80. The largest absolute Gasteiger partial charge is 0.378 e. The molecule has 1 aliphatic rings. The third-order valence-corrected chi connectivity index (χ3v) is 6.65. The van der Waals surface area contributed by atoms with Crippen molar-refractivity contribution >= 4 is 62.9 Å². The second-order valence-corrected chi connectivity index (χ2v) is 9.41. The Labute approximate surface area is 227 Å². The van der Waals surface area contributed by atoms with Crippen molar-refractivity contribution in [3.63, 3.8) is 0 Å². The average Bonchev–Trinajstić information content (AvgIpc) is 3.33. The number of amides is 1. The number of ether oxygens (including phenoxy) is 1. The molecule has 0 unspecified atom stereocenters. The molecule has 5 rings (SSSR count). The summed E-state index contributed by atoms with van der Waals surface area (Å²) in [6.07, 6.45) is 0. The number of non-ortho nitro benzene ring substituents is 1. The normalized spacial score (nSPS) is 13.4. The Hall–Kier alpha value is -4.13. The molecule has 1 aliphatic heterocycles. The highest BCUT2D eigenvalue weighted by Crippen LogP contribution is 2.27. The number of aromatic nitrogens is 3. The monoisotopic (exact) mass is 551 g/mol. The van der Waals surface area contributed by atoms with Gasteiger partial charge in [-0.25, -0.2) is 0 Å². The number of carbonyl (C=O) groups excluding carboxylic acids is 1. The molecule has 194 valence electrons. The first-order valence-corrected chi connectivity index (χ1v) is 12.4. The quantitative estimate of drug-likeness (QED) is 0.212. The molecule has 0 bridgehead atoms. The Bertz CT molecular complexity index is 1570. The molecule has 0 saturated carbocycles. The van der Waals surface area contributed by atoms with E-state index in [0.29, 0.717) is 53.7 Å². The molecule has 0 spiro atoms. The molecule has 2 heterocycles. The fourth-order valence-electron chi connectivity index (χ4n) is 4.05. The van der Waals surface area contributed by atoms with E-state index >= 15 is 0 Å². The number of nitro benzene ring substituents is 1. The van der Waals surface area contributed by atoms with Gasteiger partial charge in [0.05, 0.1) is 35.1 Å². The van der Waals surface area contributed by atoms with E-state index in [-0.39, 0.29) is 16.4 Å². The van der Waals surface area contributed by atoms with Gasteiger partial charge in [-0.05, 0) is 61.1 Å². The SMILES string of the molecule is Cc1ccc(-n2nc3ccc(NC(=S)NC(=O)c4cc([N+](=O)[O-])ccc4N4CCOCC4)cc3n2)cc1Cl. The van der Waals surface area contributed by atoms with Crippen LogP contribution in [0, 0.1) is 17.0 Å². The van der Waals surface area contributed by atoms with Crippen molar-refractivity contribution in [2.45, 2.75) is 6.92 Å². The molecule has 0 aliphatic carbocycles. The van der Waals surface area contributed by atoms with Crippen LogP contribution in [0.4, 0.5) is 17.1 Å². The van der Waals surface area contributed by atoms with Gasteiger partial charge in [0.1, 0.15) is 11.0 Å². The summed E-state index contributed by atoms with van der Waals surface area (Å²) in [7, 11) is 0. The summed E-state index contributed by atoms with van der Waals surface area (Å²) < 4.78 is 5.38. The van der Waals surface area contributed by atoms with Crippen LogP contribution in [0.2, 0.25) is 5.02 Å². The zero-order valence-electron chi connectivity index (χ0n) is 20.2. The van der Waals surface area contributed by atoms with Crippen molar-refractivity contribution in [2.75, 3.05) is 36.5 Å². The number of aryl methyl sites for hydroxylation is 1. The van der Waals surface area contributed by atoms with Gasteiger partial charge < -0.3 is 15.0 Å². The lowest BCUT2D eigenvalue weighted by atomic mass is 10.1. The summed E-state index contributed by atoms with van der Waals surface area (Å²) in [4.78, 5) is 27.4. The van der Waals surface area contributed by atoms with Gasteiger partial charge in [-0.15, -0.1) is 10.2 Å². The number of hydrogen-bond acceptors (Lipinski definition) is 8. The second kappa shape index (κ2) is 10.7. The van der Waals surface area contributed by atoms with Crippen LogP contribution in [0.5, 0.6) is 0 Å². The molecule has 2 N–H and O–H groups in total. The highest BCUT2D eigenvalue weighted by atomic mass is 35.5. The maximum absolute atomic E-state index is 13.2. The van der Waals surface area contributed by atoms with Gasteiger partial charge in [0.25, 0.3) is 11.6 Å². The van der Waals surface area contributed by atoms with Crippen LogP contribution in [-0.4, -0.2) is 57.2 Å². The molecule has 13 heteroatoms. The third-order valence-electron chi connectivity index (χ3n) is 6.04. The van der Waals surface area contributed by atoms with Crippen LogP contribution in [0.15, 0.2) is 54.6 Å². The van der Waals surface area contributed by atoms with E-state index in [2.05, 4.69) is 20.8 Å². The van der Waals surface area contributed by atoms with Crippen LogP contribution >= 0.6 is 23.8 Å². The molecular formula is C25H22ClN7O4S. The van der Waals surface area contributed by atoms with E-state index in [4.69, 9.17) is 28.6 Å². The number of thiocarbonyl (C=S) groups is 1. The smallest absolute Gasteiger partial charge is 0.270 e. The van der Waals surface area contributed by atoms with E-state index in [0.717, 1.165) is 11.3 Å². The van der Waals surface area contributed by atoms with Crippen LogP contribution in [0.3, 0.4) is 0 Å². The second-order valence-electron chi connectivity index (χ2n) is 8.59. The van der Waals surface area contributed by atoms with Gasteiger partial charge in [0, 0.05) is 35.9 Å². The molecule has 38 heavy (non-hydrogen) atoms. The summed E-state index contributed by atoms with van der Waals surface area (Å²) >= 11 is 11.6. The minimum atomic E-state index is -0.559. The van der Waals surface area contributed by atoms with E-state index in [1.54, 1.807) is 30.3 Å². The molecular weight excluding hydrogens is 530 g/mol. The molecule has 11 nitrogen and oxygen atoms in total. The minimum Gasteiger partial charge on any atom is -0.378 e. The molecule has 0 atom stereocenters. The number of nitro groups is 1. The number of benzene rings is 3. The number of nitrogens with one attached hydrogen (secondary N) is 2. The number of halogens is 1. The Morgan fingerprint density at radius 2 is 1.84 bits per heavy atom. The Morgan fingerprint density at radius 1 is 1.08 bits per heavy atom. The maximum atomic E-state index is 13.2. The van der Waals surface area contributed by atoms with Crippen LogP contribution in [-0.2, 0) is 4.74 Å². The predicted molar refractivity (Wildman–Crippen MR) is 148 cm³/mol. The highest BCUT2D eigenvalue weighted by Gasteiger charge is 2.23. The topological polar surface area (TPSA) is 127 Å². The summed E-state index contributed by atoms with van der Waals surface area (Å²) in [5.41, 5.74) is 4.08. The predicted octanol–water partition coefficient (Wildman–Crippen LogP) is 4.25. The lowest BCUT2D eigenvalue weighted by molar-refractivity contribution is -0.384. The molecule has 1 fully saturated rings. The summed E-state index contributed by atoms with van der Waals surface area (Å²) in [5.74, 6) is -0.559. The zero-order valence-corrected chi connectivity index (χ0v) is 21.8. The minimum absolute atomic E-state index is 0.0338. The van der Waals surface area contributed by atoms with Crippen molar-refractivity contribution < 1.29 is 14.5 Å². The number of anilines is 2. The fraction of sp³-hybridized carbons (Fsp3) is 0.200. The maximum Gasteiger partial charge on any atom is 0.270 e. The van der Waals surface area contributed by atoms with Crippen molar-refractivity contribution in [3.05, 3.63) is 80.9 Å². The number of nitrogens with zero attached hydrogens (tertiary/aromatic N) is 5. The molecule has 1 saturated heterocycles. The standard InChI is InChI=1S/C25H22ClN7O4S/c1-15-2-4-17(14-20(15)26)32-29-21-6-3-16(12-22(21)30-32)27-25(38)28-24(34)19-13-18(33(35)36)5-7-23(19)31-8-10-37-11-9-31/h2-7,12-14H,8-11H2,1H3,(H2,27,28,34,38). The van der Waals surface area contributed by atoms with Crippen molar-refractivity contribution in [1.29, 1.82) is 0 Å². The molecule has 1 amide bonds. The number of fused-ring (bicyclic) bond motifs is 1. The summed E-state index contributed by atoms with van der Waals surface area (Å²) in [6, 6.07) is 15.1. The molecule has 0 radical (unpaired) electrons. The van der Waals surface area contributed by atoms with Gasteiger partial charge in [0.2, 0.25) is 0 Å². The Kier molecular flexibility index (Phi) is 7.18. The Balaban J connectivity index is 1.33. The van der Waals surface area contributed by atoms with E-state index in [1.165, 1.54) is 16.9 Å². The van der Waals surface area contributed by atoms with Crippen LogP contribution in [0.25, 0.3) is 16.7 Å². The summed E-state index contributed by atoms with van der Waals surface area (Å²) in [5, 5.41) is 26.6. The van der Waals surface area contributed by atoms with Gasteiger partial charge in [0.15, 0.2) is 5.11 Å². The molecule has 4 aromatic rings. The summed E-state index contributed by atoms with van der Waals surface area (Å²) in [6.45, 7) is 4.05. The van der Waals surface area contributed by atoms with Gasteiger partial charge in [-0.1, -0.05) is 17.7 Å². The van der Waals surface area contributed by atoms with E-state index < -0.39 is 10.8 Å². The zero-order chi connectivity index (χ0) is 26.8. The van der Waals surface area contributed by atoms with Crippen LogP contribution in [0.1, 0.15) is 15.9 Å². The first-order valence-electron chi connectivity index (χ1n) is 11.7. The first-order chi connectivity index (χ1) is 18.3. The Morgan fingerprint density at radius 3 is 2.58 bits per heavy atom. The van der Waals surface area contributed by atoms with Gasteiger partial charge in [-0.3, -0.25) is 20.2 Å². The first kappa shape index (κ1) is 25.5. The number of rotatable bonds is 5. The number of carbonyl (C=O) groups is 1. The fourth-order valence-corrected chi connectivity index (χ4v) is 4.43. The lowest BCUT2D eigenvalue weighted by Gasteiger charge is -2.30. The van der Waals surface area contributed by atoms with Crippen molar-refractivity contribution in [1.82, 2.24) is 20.3 Å². The molecule has 3 aromatic carbocycles. The van der Waals surface area contributed by atoms with Gasteiger partial charge >= 0.3 is 0 Å². The van der Waals surface area contributed by atoms with Crippen molar-refractivity contribution in [2.24, 2.45) is 0 Å². The van der Waals surface area contributed by atoms with Crippen LogP contribution < -0.4 is 15.5 Å². The van der Waals surface area contributed by atoms with Gasteiger partial charge in [-0.2, -0.15) is 4.80 Å². The van der Waals surface area contributed by atoms with E-state index in [9.17, 15) is 14.9 Å². The lowest BCUT2D eigenvalue weighted by Crippen LogP contribution is -2.39. The average molecular weight is 552 g/mol. The third kappa shape index (κ3) is 5.42. The van der Waals surface area contributed by atoms with E-state index in [1.807, 2.05) is 24.0 Å². The molecule has 1 aromatic heterocycles. The number of hydrogen-bond donors (Lipinski definition) is 2.